The second-order valence-corrected chi connectivity index (χ2v) is 8.75. The van der Waals surface area contributed by atoms with E-state index in [2.05, 4.69) is 10.6 Å². The number of anilines is 1. The zero-order chi connectivity index (χ0) is 20.9. The van der Waals surface area contributed by atoms with Gasteiger partial charge in [0.15, 0.2) is 0 Å². The zero-order valence-electron chi connectivity index (χ0n) is 16.3. The van der Waals surface area contributed by atoms with Gasteiger partial charge in [-0.2, -0.15) is 0 Å². The van der Waals surface area contributed by atoms with Crippen molar-refractivity contribution in [3.63, 3.8) is 0 Å². The monoisotopic (exact) mass is 413 g/mol. The summed E-state index contributed by atoms with van der Waals surface area (Å²) in [5.74, 6) is 0.441. The van der Waals surface area contributed by atoms with E-state index in [-0.39, 0.29) is 10.8 Å². The lowest BCUT2D eigenvalue weighted by Gasteiger charge is -2.14. The molecule has 0 aliphatic rings. The summed E-state index contributed by atoms with van der Waals surface area (Å²) in [5.41, 5.74) is 1.94. The van der Waals surface area contributed by atoms with E-state index in [1.165, 1.54) is 18.4 Å². The maximum absolute atomic E-state index is 12.6. The summed E-state index contributed by atoms with van der Waals surface area (Å²) in [6.07, 6.45) is 1.56. The minimum absolute atomic E-state index is 0.228. The lowest BCUT2D eigenvalue weighted by atomic mass is 10.1. The van der Waals surface area contributed by atoms with Gasteiger partial charge in [-0.3, -0.25) is 4.79 Å². The maximum Gasteiger partial charge on any atom is 0.253 e. The minimum Gasteiger partial charge on any atom is -0.467 e. The summed E-state index contributed by atoms with van der Waals surface area (Å²) in [6, 6.07) is 17.4. The Bertz CT molecular complexity index is 1080. The molecule has 0 fully saturated rings. The highest BCUT2D eigenvalue weighted by Crippen LogP contribution is 2.19. The van der Waals surface area contributed by atoms with Gasteiger partial charge in [0, 0.05) is 26.3 Å². The molecule has 3 aromatic rings. The first-order valence-electron chi connectivity index (χ1n) is 9.03. The lowest BCUT2D eigenvalue weighted by Crippen LogP contribution is -2.23. The first-order valence-corrected chi connectivity index (χ1v) is 10.5. The van der Waals surface area contributed by atoms with Crippen LogP contribution >= 0.6 is 0 Å². The highest BCUT2D eigenvalue weighted by Gasteiger charge is 2.17. The van der Waals surface area contributed by atoms with Crippen molar-refractivity contribution in [2.24, 2.45) is 0 Å². The summed E-state index contributed by atoms with van der Waals surface area (Å²) in [6.45, 7) is 0.671. The average molecular weight is 413 g/mol. The minimum atomic E-state index is -3.50. The van der Waals surface area contributed by atoms with Crippen LogP contribution in [0.5, 0.6) is 0 Å². The Labute approximate surface area is 170 Å². The molecule has 1 amide bonds. The number of carbonyl (C=O) groups is 1. The molecule has 0 spiro atoms. The van der Waals surface area contributed by atoms with Crippen LogP contribution in [0.1, 0.15) is 21.7 Å². The van der Waals surface area contributed by atoms with Crippen molar-refractivity contribution in [1.82, 2.24) is 9.62 Å². The Morgan fingerprint density at radius 2 is 1.79 bits per heavy atom. The number of rotatable bonds is 8. The Morgan fingerprint density at radius 1 is 1.00 bits per heavy atom. The van der Waals surface area contributed by atoms with Crippen LogP contribution < -0.4 is 10.6 Å². The Balaban J connectivity index is 1.71. The molecule has 0 atom stereocenters. The van der Waals surface area contributed by atoms with E-state index in [9.17, 15) is 13.2 Å². The van der Waals surface area contributed by atoms with Crippen molar-refractivity contribution < 1.29 is 17.6 Å². The van der Waals surface area contributed by atoms with Crippen molar-refractivity contribution in [2.45, 2.75) is 18.0 Å². The third-order valence-corrected chi connectivity index (χ3v) is 6.15. The molecule has 0 unspecified atom stereocenters. The third-order valence-electron chi connectivity index (χ3n) is 4.33. The van der Waals surface area contributed by atoms with Crippen molar-refractivity contribution in [3.05, 3.63) is 83.8 Å². The summed E-state index contributed by atoms with van der Waals surface area (Å²) in [7, 11) is -0.505. The normalized spacial score (nSPS) is 11.4. The number of furan rings is 1. The van der Waals surface area contributed by atoms with E-state index in [1.54, 1.807) is 48.7 Å². The Morgan fingerprint density at radius 3 is 2.52 bits per heavy atom. The zero-order valence-corrected chi connectivity index (χ0v) is 17.1. The Kier molecular flexibility index (Phi) is 6.36. The van der Waals surface area contributed by atoms with E-state index in [4.69, 9.17) is 4.42 Å². The number of benzene rings is 2. The highest BCUT2D eigenvalue weighted by molar-refractivity contribution is 7.89. The van der Waals surface area contributed by atoms with Crippen LogP contribution in [0.15, 0.2) is 76.2 Å². The molecule has 152 valence electrons. The first kappa shape index (κ1) is 20.6. The van der Waals surface area contributed by atoms with Gasteiger partial charge in [-0.05, 0) is 42.0 Å². The standard InChI is InChI=1S/C21H23N3O4S/c1-24(2)29(26,27)18-9-5-7-16(13-18)14-22-20-11-4-3-10-19(20)21(25)23-15-17-8-6-12-28-17/h3-13,22H,14-15H2,1-2H3,(H,23,25). The number of hydrogen-bond acceptors (Lipinski definition) is 5. The summed E-state index contributed by atoms with van der Waals surface area (Å²) in [4.78, 5) is 12.8. The van der Waals surface area contributed by atoms with Crippen molar-refractivity contribution in [1.29, 1.82) is 0 Å². The second kappa shape index (κ2) is 8.93. The summed E-state index contributed by atoms with van der Waals surface area (Å²) in [5, 5.41) is 6.04. The first-order chi connectivity index (χ1) is 13.9. The fourth-order valence-corrected chi connectivity index (χ4v) is 3.71. The van der Waals surface area contributed by atoms with E-state index >= 15 is 0 Å². The van der Waals surface area contributed by atoms with Crippen molar-refractivity contribution in [2.75, 3.05) is 19.4 Å². The van der Waals surface area contributed by atoms with Gasteiger partial charge in [0.05, 0.1) is 23.3 Å². The molecule has 2 aromatic carbocycles. The van der Waals surface area contributed by atoms with Crippen LogP contribution in [0.3, 0.4) is 0 Å². The highest BCUT2D eigenvalue weighted by atomic mass is 32.2. The molecule has 0 aliphatic heterocycles. The van der Waals surface area contributed by atoms with Gasteiger partial charge in [0.2, 0.25) is 10.0 Å². The van der Waals surface area contributed by atoms with Gasteiger partial charge in [-0.25, -0.2) is 12.7 Å². The van der Waals surface area contributed by atoms with E-state index in [0.717, 1.165) is 5.56 Å². The Hall–Kier alpha value is -3.10. The van der Waals surface area contributed by atoms with Crippen LogP contribution in [0.25, 0.3) is 0 Å². The smallest absolute Gasteiger partial charge is 0.253 e. The van der Waals surface area contributed by atoms with Crippen LogP contribution in [-0.4, -0.2) is 32.7 Å². The molecule has 7 nitrogen and oxygen atoms in total. The van der Waals surface area contributed by atoms with Gasteiger partial charge in [-0.15, -0.1) is 0 Å². The SMILES string of the molecule is CN(C)S(=O)(=O)c1cccc(CNc2ccccc2C(=O)NCc2ccco2)c1. The average Bonchev–Trinajstić information content (AvgIpc) is 3.24. The molecular weight excluding hydrogens is 390 g/mol. The molecule has 0 aliphatic carbocycles. The van der Waals surface area contributed by atoms with Crippen LogP contribution in [-0.2, 0) is 23.1 Å². The van der Waals surface area contributed by atoms with Gasteiger partial charge in [-0.1, -0.05) is 24.3 Å². The fraction of sp³-hybridized carbons (Fsp3) is 0.190. The largest absolute Gasteiger partial charge is 0.467 e. The fourth-order valence-electron chi connectivity index (χ4n) is 2.74. The number of para-hydroxylation sites is 1. The number of nitrogens with zero attached hydrogens (tertiary/aromatic N) is 1. The molecule has 29 heavy (non-hydrogen) atoms. The molecule has 0 saturated carbocycles. The predicted molar refractivity (Wildman–Crippen MR) is 111 cm³/mol. The van der Waals surface area contributed by atoms with Gasteiger partial charge in [0.25, 0.3) is 5.91 Å². The molecule has 1 heterocycles. The maximum atomic E-state index is 12.6. The number of sulfonamides is 1. The molecule has 0 radical (unpaired) electrons. The predicted octanol–water partition coefficient (Wildman–Crippen LogP) is 3.07. The van der Waals surface area contributed by atoms with Crippen LogP contribution in [0.2, 0.25) is 0 Å². The van der Waals surface area contributed by atoms with Crippen molar-refractivity contribution >= 4 is 21.6 Å². The number of hydrogen-bond donors (Lipinski definition) is 2. The van der Waals surface area contributed by atoms with Crippen LogP contribution in [0.4, 0.5) is 5.69 Å². The van der Waals surface area contributed by atoms with Gasteiger partial charge < -0.3 is 15.1 Å². The molecule has 1 aromatic heterocycles. The number of nitrogens with one attached hydrogen (secondary N) is 2. The van der Waals surface area contributed by atoms with E-state index < -0.39 is 10.0 Å². The third kappa shape index (κ3) is 5.04. The molecule has 0 saturated heterocycles. The number of carbonyl (C=O) groups excluding carboxylic acids is 1. The number of amides is 1. The summed E-state index contributed by atoms with van der Waals surface area (Å²) < 4.78 is 31.0. The molecule has 3 rings (SSSR count). The summed E-state index contributed by atoms with van der Waals surface area (Å²) >= 11 is 0. The quantitative estimate of drug-likeness (QED) is 0.592. The molecule has 2 N–H and O–H groups in total. The van der Waals surface area contributed by atoms with Crippen LogP contribution in [0, 0.1) is 0 Å². The van der Waals surface area contributed by atoms with Gasteiger partial charge >= 0.3 is 0 Å². The second-order valence-electron chi connectivity index (χ2n) is 6.60. The van der Waals surface area contributed by atoms with Gasteiger partial charge in [0.1, 0.15) is 5.76 Å². The van der Waals surface area contributed by atoms with E-state index in [0.29, 0.717) is 30.1 Å². The van der Waals surface area contributed by atoms with E-state index in [1.807, 2.05) is 18.2 Å². The molecule has 0 bridgehead atoms. The lowest BCUT2D eigenvalue weighted by molar-refractivity contribution is 0.0949. The van der Waals surface area contributed by atoms with Crippen molar-refractivity contribution in [3.8, 4) is 0 Å². The molecular formula is C21H23N3O4S. The topological polar surface area (TPSA) is 91.7 Å². The molecule has 8 heteroatoms.